The third-order valence-electron chi connectivity index (χ3n) is 4.32. The molecule has 21 heavy (non-hydrogen) atoms. The molecule has 1 heterocycles. The van der Waals surface area contributed by atoms with Crippen molar-refractivity contribution in [1.82, 2.24) is 9.80 Å². The van der Waals surface area contributed by atoms with Gasteiger partial charge in [-0.05, 0) is 31.0 Å². The van der Waals surface area contributed by atoms with E-state index in [1.165, 1.54) is 0 Å². The minimum Gasteiger partial charge on any atom is -0.340 e. The number of hydrogen-bond acceptors (Lipinski definition) is 3. The van der Waals surface area contributed by atoms with Gasteiger partial charge < -0.3 is 4.90 Å². The molecule has 0 aliphatic carbocycles. The van der Waals surface area contributed by atoms with Crippen LogP contribution < -0.4 is 0 Å². The first-order chi connectivity index (χ1) is 10.1. The van der Waals surface area contributed by atoms with Crippen molar-refractivity contribution in [2.45, 2.75) is 32.7 Å². The zero-order valence-electron chi connectivity index (χ0n) is 12.9. The molecule has 0 saturated carbocycles. The summed E-state index contributed by atoms with van der Waals surface area (Å²) in [6.07, 6.45) is 1.58. The zero-order chi connectivity index (χ0) is 15.2. The van der Waals surface area contributed by atoms with Gasteiger partial charge in [0.25, 0.3) is 0 Å². The highest BCUT2D eigenvalue weighted by atomic mass is 16.2. The number of hydrogen-bond donors (Lipinski definition) is 0. The molecule has 1 aromatic carbocycles. The van der Waals surface area contributed by atoms with E-state index in [0.29, 0.717) is 18.0 Å². The zero-order valence-corrected chi connectivity index (χ0v) is 12.9. The summed E-state index contributed by atoms with van der Waals surface area (Å²) in [7, 11) is 0. The monoisotopic (exact) mass is 285 g/mol. The van der Waals surface area contributed by atoms with Gasteiger partial charge in [0.05, 0.1) is 18.1 Å². The van der Waals surface area contributed by atoms with Gasteiger partial charge in [-0.15, -0.1) is 0 Å². The van der Waals surface area contributed by atoms with Crippen LogP contribution in [0, 0.1) is 11.3 Å². The Bertz CT molecular complexity index is 510. The Balaban J connectivity index is 1.86. The maximum Gasteiger partial charge on any atom is 0.227 e. The topological polar surface area (TPSA) is 47.3 Å². The molecule has 0 radical (unpaired) electrons. The van der Waals surface area contributed by atoms with Gasteiger partial charge in [0, 0.05) is 32.2 Å². The van der Waals surface area contributed by atoms with E-state index < -0.39 is 0 Å². The molecule has 112 valence electrons. The minimum absolute atomic E-state index is 0.184. The lowest BCUT2D eigenvalue weighted by atomic mass is 10.1. The molecule has 0 aromatic heterocycles. The van der Waals surface area contributed by atoms with Crippen LogP contribution in [0.2, 0.25) is 0 Å². The van der Waals surface area contributed by atoms with Crippen molar-refractivity contribution in [2.24, 2.45) is 0 Å². The average molecular weight is 285 g/mol. The lowest BCUT2D eigenvalue weighted by Crippen LogP contribution is -2.51. The highest BCUT2D eigenvalue weighted by Gasteiger charge is 2.23. The van der Waals surface area contributed by atoms with Crippen molar-refractivity contribution in [2.75, 3.05) is 26.2 Å². The van der Waals surface area contributed by atoms with Crippen LogP contribution >= 0.6 is 0 Å². The first-order valence-electron chi connectivity index (χ1n) is 7.65. The fraction of sp³-hybridized carbons (Fsp3) is 0.529. The van der Waals surface area contributed by atoms with Gasteiger partial charge in [0.1, 0.15) is 0 Å². The molecule has 1 unspecified atom stereocenters. The highest BCUT2D eigenvalue weighted by molar-refractivity contribution is 5.78. The number of carbonyl (C=O) groups excluding carboxylic acids is 1. The van der Waals surface area contributed by atoms with Gasteiger partial charge >= 0.3 is 0 Å². The molecule has 0 N–H and O–H groups in total. The third kappa shape index (κ3) is 4.05. The minimum atomic E-state index is 0.184. The Morgan fingerprint density at radius 1 is 1.24 bits per heavy atom. The summed E-state index contributed by atoms with van der Waals surface area (Å²) in [5.74, 6) is 0.184. The summed E-state index contributed by atoms with van der Waals surface area (Å²) in [6.45, 7) is 8.02. The second-order valence-electron chi connectivity index (χ2n) is 5.66. The summed E-state index contributed by atoms with van der Waals surface area (Å²) < 4.78 is 0. The van der Waals surface area contributed by atoms with E-state index in [2.05, 4.69) is 24.8 Å². The third-order valence-corrected chi connectivity index (χ3v) is 4.32. The first-order valence-corrected chi connectivity index (χ1v) is 7.65. The summed E-state index contributed by atoms with van der Waals surface area (Å²) in [6, 6.07) is 9.96. The van der Waals surface area contributed by atoms with Crippen molar-refractivity contribution >= 4 is 5.91 Å². The quantitative estimate of drug-likeness (QED) is 0.850. The fourth-order valence-electron chi connectivity index (χ4n) is 2.65. The van der Waals surface area contributed by atoms with Crippen LogP contribution in [0.15, 0.2) is 24.3 Å². The molecule has 1 saturated heterocycles. The van der Waals surface area contributed by atoms with Crippen molar-refractivity contribution < 1.29 is 4.79 Å². The van der Waals surface area contributed by atoms with E-state index in [9.17, 15) is 4.79 Å². The van der Waals surface area contributed by atoms with Crippen molar-refractivity contribution in [3.05, 3.63) is 35.4 Å². The van der Waals surface area contributed by atoms with Gasteiger partial charge in [-0.2, -0.15) is 5.26 Å². The molecule has 4 nitrogen and oxygen atoms in total. The Morgan fingerprint density at radius 2 is 1.86 bits per heavy atom. The molecule has 4 heteroatoms. The van der Waals surface area contributed by atoms with E-state index in [-0.39, 0.29) is 5.91 Å². The molecular weight excluding hydrogens is 262 g/mol. The number of nitrogens with zero attached hydrogens (tertiary/aromatic N) is 3. The second kappa shape index (κ2) is 7.24. The first kappa shape index (κ1) is 15.5. The standard InChI is InChI=1S/C17H23N3O/c1-3-14(2)19-8-10-20(11-9-19)17(21)12-15-4-6-16(13-18)7-5-15/h4-7,14H,3,8-12H2,1-2H3. The molecule has 1 atom stereocenters. The molecule has 0 bridgehead atoms. The number of amides is 1. The van der Waals surface area contributed by atoms with Crippen LogP contribution in [-0.4, -0.2) is 47.9 Å². The van der Waals surface area contributed by atoms with Gasteiger partial charge in [-0.3, -0.25) is 9.69 Å². The van der Waals surface area contributed by atoms with Gasteiger partial charge in [-0.1, -0.05) is 19.1 Å². The van der Waals surface area contributed by atoms with Crippen molar-refractivity contribution in [3.63, 3.8) is 0 Å². The Morgan fingerprint density at radius 3 is 2.38 bits per heavy atom. The summed E-state index contributed by atoms with van der Waals surface area (Å²) in [5, 5.41) is 8.77. The number of rotatable bonds is 4. The van der Waals surface area contributed by atoms with E-state index in [0.717, 1.165) is 38.2 Å². The molecular formula is C17H23N3O. The predicted molar refractivity (Wildman–Crippen MR) is 82.8 cm³/mol. The van der Waals surface area contributed by atoms with Crippen LogP contribution in [0.4, 0.5) is 0 Å². The largest absolute Gasteiger partial charge is 0.340 e. The Kier molecular flexibility index (Phi) is 5.35. The summed E-state index contributed by atoms with van der Waals surface area (Å²) in [4.78, 5) is 16.7. The smallest absolute Gasteiger partial charge is 0.227 e. The van der Waals surface area contributed by atoms with Crippen LogP contribution in [0.25, 0.3) is 0 Å². The summed E-state index contributed by atoms with van der Waals surface area (Å²) >= 11 is 0. The van der Waals surface area contributed by atoms with E-state index in [1.807, 2.05) is 17.0 Å². The van der Waals surface area contributed by atoms with Gasteiger partial charge in [-0.25, -0.2) is 0 Å². The summed E-state index contributed by atoms with van der Waals surface area (Å²) in [5.41, 5.74) is 1.61. The maximum absolute atomic E-state index is 12.3. The molecule has 1 aliphatic rings. The normalized spacial score (nSPS) is 17.3. The van der Waals surface area contributed by atoms with Crippen molar-refractivity contribution in [1.29, 1.82) is 5.26 Å². The van der Waals surface area contributed by atoms with Gasteiger partial charge in [0.15, 0.2) is 0 Å². The number of carbonyl (C=O) groups is 1. The van der Waals surface area contributed by atoms with Crippen molar-refractivity contribution in [3.8, 4) is 6.07 Å². The van der Waals surface area contributed by atoms with Crippen LogP contribution in [0.5, 0.6) is 0 Å². The number of benzene rings is 1. The molecule has 1 amide bonds. The predicted octanol–water partition coefficient (Wildman–Crippen LogP) is 2.04. The van der Waals surface area contributed by atoms with Crippen LogP contribution in [0.1, 0.15) is 31.4 Å². The number of piperazine rings is 1. The van der Waals surface area contributed by atoms with Crippen LogP contribution in [-0.2, 0) is 11.2 Å². The lowest BCUT2D eigenvalue weighted by molar-refractivity contribution is -0.132. The fourth-order valence-corrected chi connectivity index (χ4v) is 2.65. The van der Waals surface area contributed by atoms with Crippen LogP contribution in [0.3, 0.4) is 0 Å². The molecule has 0 spiro atoms. The molecule has 2 rings (SSSR count). The van der Waals surface area contributed by atoms with E-state index in [1.54, 1.807) is 12.1 Å². The molecule has 1 fully saturated rings. The Hall–Kier alpha value is -1.86. The number of nitriles is 1. The van der Waals surface area contributed by atoms with E-state index in [4.69, 9.17) is 5.26 Å². The lowest BCUT2D eigenvalue weighted by Gasteiger charge is -2.37. The SMILES string of the molecule is CCC(C)N1CCN(C(=O)Cc2ccc(C#N)cc2)CC1. The maximum atomic E-state index is 12.3. The highest BCUT2D eigenvalue weighted by Crippen LogP contribution is 2.11. The second-order valence-corrected chi connectivity index (χ2v) is 5.66. The Labute approximate surface area is 127 Å². The average Bonchev–Trinajstić information content (AvgIpc) is 2.55. The molecule has 1 aromatic rings. The molecule has 1 aliphatic heterocycles. The van der Waals surface area contributed by atoms with E-state index >= 15 is 0 Å². The van der Waals surface area contributed by atoms with Gasteiger partial charge in [0.2, 0.25) is 5.91 Å².